The summed E-state index contributed by atoms with van der Waals surface area (Å²) in [6, 6.07) is 16.5. The molecule has 4 rings (SSSR count). The first-order chi connectivity index (χ1) is 16.4. The molecular weight excluding hydrogens is 444 g/mol. The summed E-state index contributed by atoms with van der Waals surface area (Å²) in [5, 5.41) is 5.18. The van der Waals surface area contributed by atoms with Crippen LogP contribution in [0.15, 0.2) is 53.3 Å². The molecule has 7 heteroatoms. The summed E-state index contributed by atoms with van der Waals surface area (Å²) in [6.45, 7) is 11.6. The van der Waals surface area contributed by atoms with Crippen LogP contribution in [0.25, 0.3) is 10.9 Å². The average Bonchev–Trinajstić information content (AvgIpc) is 2.86. The van der Waals surface area contributed by atoms with Gasteiger partial charge in [-0.05, 0) is 61.1 Å². The topological polar surface area (TPSA) is 60.6 Å². The number of nitrogens with one attached hydrogen (secondary N) is 2. The first-order valence-corrected chi connectivity index (χ1v) is 12.4. The molecule has 0 bridgehead atoms. The molecule has 0 aliphatic carbocycles. The fourth-order valence-electron chi connectivity index (χ4n) is 4.33. The van der Waals surface area contributed by atoms with Gasteiger partial charge in [-0.3, -0.25) is 9.69 Å². The molecule has 34 heavy (non-hydrogen) atoms. The Kier molecular flexibility index (Phi) is 7.98. The second-order valence-corrected chi connectivity index (χ2v) is 9.44. The number of morpholine rings is 1. The van der Waals surface area contributed by atoms with Crippen molar-refractivity contribution >= 4 is 28.2 Å². The number of H-pyrrole nitrogens is 1. The van der Waals surface area contributed by atoms with Crippen LogP contribution in [-0.2, 0) is 11.3 Å². The minimum Gasteiger partial charge on any atom is -0.379 e. The van der Waals surface area contributed by atoms with Crippen LogP contribution in [0.4, 0.5) is 0 Å². The van der Waals surface area contributed by atoms with Crippen LogP contribution in [0, 0.1) is 13.8 Å². The van der Waals surface area contributed by atoms with Gasteiger partial charge in [0.15, 0.2) is 5.11 Å². The Morgan fingerprint density at radius 1 is 1.18 bits per heavy atom. The maximum atomic E-state index is 13.0. The highest BCUT2D eigenvalue weighted by molar-refractivity contribution is 7.80. The van der Waals surface area contributed by atoms with Crippen molar-refractivity contribution in [3.63, 3.8) is 0 Å². The minimum atomic E-state index is -0.0588. The lowest BCUT2D eigenvalue weighted by Gasteiger charge is -2.32. The van der Waals surface area contributed by atoms with Crippen molar-refractivity contribution < 1.29 is 4.74 Å². The van der Waals surface area contributed by atoms with E-state index >= 15 is 0 Å². The fourth-order valence-corrected chi connectivity index (χ4v) is 4.67. The van der Waals surface area contributed by atoms with E-state index in [9.17, 15) is 4.79 Å². The van der Waals surface area contributed by atoms with Crippen LogP contribution >= 0.6 is 12.2 Å². The SMILES string of the molecule is Cc1ccc2cc(CN(CCN3CCOCC3)C(=S)NC(C)c3ccccc3)c(=O)[nH]c2c1C. The van der Waals surface area contributed by atoms with Crippen LogP contribution in [0.2, 0.25) is 0 Å². The predicted octanol–water partition coefficient (Wildman–Crippen LogP) is 3.91. The molecule has 1 aliphatic heterocycles. The summed E-state index contributed by atoms with van der Waals surface area (Å²) in [5.41, 5.74) is 5.02. The smallest absolute Gasteiger partial charge is 0.253 e. The van der Waals surface area contributed by atoms with Gasteiger partial charge in [-0.25, -0.2) is 0 Å². The van der Waals surface area contributed by atoms with Crippen molar-refractivity contribution in [1.82, 2.24) is 20.1 Å². The van der Waals surface area contributed by atoms with Crippen LogP contribution in [0.1, 0.15) is 35.2 Å². The lowest BCUT2D eigenvalue weighted by atomic mass is 10.0. The van der Waals surface area contributed by atoms with E-state index in [0.717, 1.165) is 55.9 Å². The van der Waals surface area contributed by atoms with Gasteiger partial charge in [0.2, 0.25) is 0 Å². The van der Waals surface area contributed by atoms with E-state index in [4.69, 9.17) is 17.0 Å². The first-order valence-electron chi connectivity index (χ1n) is 11.9. The summed E-state index contributed by atoms with van der Waals surface area (Å²) >= 11 is 5.85. The van der Waals surface area contributed by atoms with E-state index in [1.54, 1.807) is 0 Å². The highest BCUT2D eigenvalue weighted by Gasteiger charge is 2.18. The van der Waals surface area contributed by atoms with Crippen molar-refractivity contribution in [2.45, 2.75) is 33.4 Å². The largest absolute Gasteiger partial charge is 0.379 e. The Morgan fingerprint density at radius 3 is 2.65 bits per heavy atom. The van der Waals surface area contributed by atoms with Gasteiger partial charge in [0.25, 0.3) is 5.56 Å². The van der Waals surface area contributed by atoms with Gasteiger partial charge in [0.05, 0.1) is 31.3 Å². The quantitative estimate of drug-likeness (QED) is 0.502. The number of thiocarbonyl (C=S) groups is 1. The molecule has 0 amide bonds. The summed E-state index contributed by atoms with van der Waals surface area (Å²) in [6.07, 6.45) is 0. The van der Waals surface area contributed by atoms with Gasteiger partial charge in [-0.15, -0.1) is 0 Å². The summed E-state index contributed by atoms with van der Waals surface area (Å²) < 4.78 is 5.49. The Bertz CT molecular complexity index is 1190. The van der Waals surface area contributed by atoms with Crippen molar-refractivity contribution in [1.29, 1.82) is 0 Å². The van der Waals surface area contributed by atoms with Crippen LogP contribution in [-0.4, -0.2) is 59.3 Å². The molecule has 0 saturated carbocycles. The highest BCUT2D eigenvalue weighted by atomic mass is 32.1. The Balaban J connectivity index is 1.55. The van der Waals surface area contributed by atoms with Gasteiger partial charge >= 0.3 is 0 Å². The second-order valence-electron chi connectivity index (χ2n) is 9.05. The summed E-state index contributed by atoms with van der Waals surface area (Å²) in [7, 11) is 0. The van der Waals surface area contributed by atoms with Crippen LogP contribution < -0.4 is 10.9 Å². The van der Waals surface area contributed by atoms with Gasteiger partial charge < -0.3 is 19.9 Å². The summed E-state index contributed by atoms with van der Waals surface area (Å²) in [4.78, 5) is 20.6. The number of aromatic nitrogens is 1. The number of fused-ring (bicyclic) bond motifs is 1. The third-order valence-corrected chi connectivity index (χ3v) is 7.08. The lowest BCUT2D eigenvalue weighted by Crippen LogP contribution is -2.46. The molecule has 1 aliphatic rings. The molecule has 180 valence electrons. The number of aryl methyl sites for hydroxylation is 2. The van der Waals surface area contributed by atoms with E-state index in [-0.39, 0.29) is 11.6 Å². The molecule has 0 radical (unpaired) electrons. The molecule has 1 unspecified atom stereocenters. The third-order valence-electron chi connectivity index (χ3n) is 6.71. The molecule has 1 fully saturated rings. The number of hydrogen-bond donors (Lipinski definition) is 2. The number of nitrogens with zero attached hydrogens (tertiary/aromatic N) is 2. The maximum absolute atomic E-state index is 13.0. The van der Waals surface area contributed by atoms with E-state index in [0.29, 0.717) is 17.2 Å². The first kappa shape index (κ1) is 24.4. The zero-order valence-corrected chi connectivity index (χ0v) is 21.1. The standard InChI is InChI=1S/C27H34N4O2S/c1-19-9-10-23-17-24(26(32)29-25(23)20(19)2)18-31(12-11-30-13-15-33-16-14-30)27(34)28-21(3)22-7-5-4-6-8-22/h4-10,17,21H,11-16,18H2,1-3H3,(H,28,34)(H,29,32). The van der Waals surface area contributed by atoms with Crippen molar-refractivity contribution in [3.8, 4) is 0 Å². The zero-order valence-electron chi connectivity index (χ0n) is 20.3. The van der Waals surface area contributed by atoms with E-state index < -0.39 is 0 Å². The average molecular weight is 479 g/mol. The number of pyridine rings is 1. The molecule has 1 saturated heterocycles. The third kappa shape index (κ3) is 5.84. The molecule has 1 atom stereocenters. The van der Waals surface area contributed by atoms with Crippen molar-refractivity contribution in [2.75, 3.05) is 39.4 Å². The highest BCUT2D eigenvalue weighted by Crippen LogP contribution is 2.20. The summed E-state index contributed by atoms with van der Waals surface area (Å²) in [5.74, 6) is 0. The zero-order chi connectivity index (χ0) is 24.1. The number of benzene rings is 2. The number of aromatic amines is 1. The van der Waals surface area contributed by atoms with E-state index in [2.05, 4.69) is 58.2 Å². The number of ether oxygens (including phenoxy) is 1. The van der Waals surface area contributed by atoms with Crippen molar-refractivity contribution in [3.05, 3.63) is 81.1 Å². The molecule has 2 N–H and O–H groups in total. The van der Waals surface area contributed by atoms with Gasteiger partial charge in [0, 0.05) is 31.7 Å². The van der Waals surface area contributed by atoms with Crippen LogP contribution in [0.3, 0.4) is 0 Å². The maximum Gasteiger partial charge on any atom is 0.253 e. The molecule has 2 heterocycles. The van der Waals surface area contributed by atoms with Gasteiger partial charge in [-0.2, -0.15) is 0 Å². The molecule has 0 spiro atoms. The molecule has 1 aromatic heterocycles. The van der Waals surface area contributed by atoms with Crippen molar-refractivity contribution in [2.24, 2.45) is 0 Å². The fraction of sp³-hybridized carbons (Fsp3) is 0.407. The molecule has 3 aromatic rings. The number of rotatable bonds is 7. The molecular formula is C27H34N4O2S. The Hall–Kier alpha value is -2.74. The second kappa shape index (κ2) is 11.1. The Morgan fingerprint density at radius 2 is 1.91 bits per heavy atom. The molecule has 2 aromatic carbocycles. The normalized spacial score (nSPS) is 15.3. The predicted molar refractivity (Wildman–Crippen MR) is 142 cm³/mol. The number of hydrogen-bond acceptors (Lipinski definition) is 4. The Labute approximate surface area is 206 Å². The lowest BCUT2D eigenvalue weighted by molar-refractivity contribution is 0.0357. The van der Waals surface area contributed by atoms with Crippen LogP contribution in [0.5, 0.6) is 0 Å². The van der Waals surface area contributed by atoms with E-state index in [1.807, 2.05) is 31.2 Å². The van der Waals surface area contributed by atoms with Gasteiger partial charge in [0.1, 0.15) is 0 Å². The monoisotopic (exact) mass is 478 g/mol. The molecule has 6 nitrogen and oxygen atoms in total. The van der Waals surface area contributed by atoms with E-state index in [1.165, 1.54) is 11.1 Å². The van der Waals surface area contributed by atoms with Gasteiger partial charge in [-0.1, -0.05) is 42.5 Å². The minimum absolute atomic E-state index is 0.0588.